The molecule has 2 aromatic carbocycles. The van der Waals surface area contributed by atoms with Crippen LogP contribution in [0.4, 0.5) is 5.13 Å². The molecule has 6 nitrogen and oxygen atoms in total. The second-order valence-corrected chi connectivity index (χ2v) is 8.96. The maximum absolute atomic E-state index is 13.0. The second-order valence-electron chi connectivity index (χ2n) is 7.90. The first-order chi connectivity index (χ1) is 14.1. The molecule has 3 N–H and O–H groups in total. The summed E-state index contributed by atoms with van der Waals surface area (Å²) in [5.74, 6) is -0.0556. The number of thiazole rings is 1. The summed E-state index contributed by atoms with van der Waals surface area (Å²) in [6.45, 7) is 2.83. The van der Waals surface area contributed by atoms with Gasteiger partial charge in [-0.3, -0.25) is 9.69 Å². The zero-order chi connectivity index (χ0) is 20.0. The monoisotopic (exact) mass is 408 g/mol. The van der Waals surface area contributed by atoms with Gasteiger partial charge in [0.15, 0.2) is 5.13 Å². The minimum atomic E-state index is -0.545. The highest BCUT2D eigenvalue weighted by molar-refractivity contribution is 7.22. The Morgan fingerprint density at radius 1 is 1.17 bits per heavy atom. The number of amides is 1. The van der Waals surface area contributed by atoms with Crippen LogP contribution in [0.2, 0.25) is 0 Å². The van der Waals surface area contributed by atoms with Gasteiger partial charge in [-0.15, -0.1) is 0 Å². The number of hydrogen-bond acceptors (Lipinski definition) is 6. The van der Waals surface area contributed by atoms with E-state index in [0.717, 1.165) is 36.1 Å². The fourth-order valence-electron chi connectivity index (χ4n) is 4.59. The Hall–Kier alpha value is -2.48. The fraction of sp³-hybridized carbons (Fsp3) is 0.364. The first-order valence-electron chi connectivity index (χ1n) is 10.0. The Balaban J connectivity index is 1.27. The number of carbonyl (C=O) groups excluding carboxylic acids is 1. The van der Waals surface area contributed by atoms with Crippen LogP contribution in [-0.4, -0.2) is 57.6 Å². The van der Waals surface area contributed by atoms with Crippen molar-refractivity contribution in [3.05, 3.63) is 59.2 Å². The van der Waals surface area contributed by atoms with Crippen molar-refractivity contribution in [3.63, 3.8) is 0 Å². The predicted molar refractivity (Wildman–Crippen MR) is 115 cm³/mol. The van der Waals surface area contributed by atoms with Crippen molar-refractivity contribution in [3.8, 4) is 0 Å². The molecule has 0 spiro atoms. The molecule has 150 valence electrons. The summed E-state index contributed by atoms with van der Waals surface area (Å²) < 4.78 is 0.975. The van der Waals surface area contributed by atoms with Crippen molar-refractivity contribution in [2.75, 3.05) is 25.4 Å². The number of anilines is 1. The Morgan fingerprint density at radius 3 is 2.83 bits per heavy atom. The standard InChI is InChI=1S/C22H24N4O2S/c23-22-24-17-11-15(5-6-20(17)29-22)21(28)26-10-8-18(19(27)13-26)25-9-7-14-3-1-2-4-16(14)12-25/h1-6,11,18-19,27H,7-10,12-13H2,(H2,23,24)/t18-,19-/m0/s1. The van der Waals surface area contributed by atoms with Gasteiger partial charge in [0, 0.05) is 37.8 Å². The van der Waals surface area contributed by atoms with Crippen LogP contribution >= 0.6 is 11.3 Å². The third kappa shape index (κ3) is 3.50. The largest absolute Gasteiger partial charge is 0.390 e. The number of nitrogens with two attached hydrogens (primary N) is 1. The van der Waals surface area contributed by atoms with Gasteiger partial charge in [0.05, 0.1) is 16.3 Å². The van der Waals surface area contributed by atoms with Crippen molar-refractivity contribution in [1.82, 2.24) is 14.8 Å². The summed E-state index contributed by atoms with van der Waals surface area (Å²) in [5.41, 5.74) is 9.87. The number of rotatable bonds is 2. The molecule has 3 aromatic rings. The molecule has 1 fully saturated rings. The minimum absolute atomic E-state index is 0.0556. The van der Waals surface area contributed by atoms with Crippen molar-refractivity contribution in [1.29, 1.82) is 0 Å². The number of nitrogen functional groups attached to an aromatic ring is 1. The highest BCUT2D eigenvalue weighted by atomic mass is 32.1. The third-order valence-electron chi connectivity index (χ3n) is 6.11. The molecule has 0 bridgehead atoms. The topological polar surface area (TPSA) is 82.7 Å². The van der Waals surface area contributed by atoms with E-state index < -0.39 is 6.10 Å². The molecule has 0 aliphatic carbocycles. The number of aromatic nitrogens is 1. The molecule has 0 radical (unpaired) electrons. The van der Waals surface area contributed by atoms with Crippen molar-refractivity contribution < 1.29 is 9.90 Å². The SMILES string of the molecule is Nc1nc2cc(C(=O)N3CC[C@H](N4CCc5ccccc5C4)[C@@H](O)C3)ccc2s1. The Kier molecular flexibility index (Phi) is 4.73. The normalized spacial score (nSPS) is 22.6. The second kappa shape index (κ2) is 7.40. The minimum Gasteiger partial charge on any atom is -0.390 e. The highest BCUT2D eigenvalue weighted by Crippen LogP contribution is 2.27. The van der Waals surface area contributed by atoms with Crippen molar-refractivity contribution >= 4 is 32.6 Å². The molecule has 0 saturated carbocycles. The van der Waals surface area contributed by atoms with Crippen molar-refractivity contribution in [2.24, 2.45) is 0 Å². The van der Waals surface area contributed by atoms with Crippen LogP contribution in [0.3, 0.4) is 0 Å². The van der Waals surface area contributed by atoms with Crippen LogP contribution in [0.25, 0.3) is 10.2 Å². The summed E-state index contributed by atoms with van der Waals surface area (Å²) in [4.78, 5) is 21.4. The van der Waals surface area contributed by atoms with E-state index in [4.69, 9.17) is 5.73 Å². The van der Waals surface area contributed by atoms with Crippen LogP contribution in [0.1, 0.15) is 27.9 Å². The number of hydrogen-bond donors (Lipinski definition) is 2. The molecule has 2 aliphatic heterocycles. The number of piperidine rings is 1. The molecule has 1 saturated heterocycles. The zero-order valence-electron chi connectivity index (χ0n) is 16.1. The van der Waals surface area contributed by atoms with Gasteiger partial charge in [0.25, 0.3) is 5.91 Å². The average Bonchev–Trinajstić information content (AvgIpc) is 3.12. The molecule has 0 unspecified atom stereocenters. The fourth-order valence-corrected chi connectivity index (χ4v) is 5.31. The molecule has 2 atom stereocenters. The molecular formula is C22H24N4O2S. The molecule has 1 amide bonds. The van der Waals surface area contributed by atoms with Gasteiger partial charge in [-0.25, -0.2) is 4.98 Å². The van der Waals surface area contributed by atoms with E-state index in [1.165, 1.54) is 22.5 Å². The number of β-amino-alcohol motifs (C(OH)–C–C–N with tert-alkyl or cyclic N) is 1. The molecule has 1 aromatic heterocycles. The lowest BCUT2D eigenvalue weighted by Crippen LogP contribution is -2.56. The summed E-state index contributed by atoms with van der Waals surface area (Å²) in [6.07, 6.45) is 1.25. The summed E-state index contributed by atoms with van der Waals surface area (Å²) >= 11 is 1.42. The molecule has 2 aliphatic rings. The van der Waals surface area contributed by atoms with Gasteiger partial charge in [0.2, 0.25) is 0 Å². The molecule has 3 heterocycles. The molecule has 7 heteroatoms. The third-order valence-corrected chi connectivity index (χ3v) is 6.98. The number of nitrogens with zero attached hydrogens (tertiary/aromatic N) is 3. The van der Waals surface area contributed by atoms with Crippen LogP contribution in [0, 0.1) is 0 Å². The van der Waals surface area contributed by atoms with E-state index in [-0.39, 0.29) is 11.9 Å². The summed E-state index contributed by atoms with van der Waals surface area (Å²) in [6, 6.07) is 14.1. The van der Waals surface area contributed by atoms with Gasteiger partial charge >= 0.3 is 0 Å². The number of benzene rings is 2. The van der Waals surface area contributed by atoms with Crippen LogP contribution in [-0.2, 0) is 13.0 Å². The lowest BCUT2D eigenvalue weighted by atomic mass is 9.94. The van der Waals surface area contributed by atoms with Gasteiger partial charge in [-0.2, -0.15) is 0 Å². The number of carbonyl (C=O) groups is 1. The van der Waals surface area contributed by atoms with E-state index in [2.05, 4.69) is 34.1 Å². The smallest absolute Gasteiger partial charge is 0.254 e. The molecule has 29 heavy (non-hydrogen) atoms. The predicted octanol–water partition coefficient (Wildman–Crippen LogP) is 2.51. The summed E-state index contributed by atoms with van der Waals surface area (Å²) in [7, 11) is 0. The maximum Gasteiger partial charge on any atom is 0.254 e. The molecule has 5 rings (SSSR count). The lowest BCUT2D eigenvalue weighted by Gasteiger charge is -2.43. The van der Waals surface area contributed by atoms with E-state index in [0.29, 0.717) is 23.8 Å². The average molecular weight is 409 g/mol. The first-order valence-corrected chi connectivity index (χ1v) is 10.8. The van der Waals surface area contributed by atoms with Crippen molar-refractivity contribution in [2.45, 2.75) is 31.5 Å². The maximum atomic E-state index is 13.0. The lowest BCUT2D eigenvalue weighted by molar-refractivity contribution is -0.0137. The highest BCUT2D eigenvalue weighted by Gasteiger charge is 2.35. The quantitative estimate of drug-likeness (QED) is 0.681. The molecular weight excluding hydrogens is 384 g/mol. The number of aliphatic hydroxyl groups is 1. The number of likely N-dealkylation sites (tertiary alicyclic amines) is 1. The number of fused-ring (bicyclic) bond motifs is 2. The van der Waals surface area contributed by atoms with Crippen LogP contribution in [0.5, 0.6) is 0 Å². The van der Waals surface area contributed by atoms with E-state index in [1.807, 2.05) is 12.1 Å². The van der Waals surface area contributed by atoms with Crippen LogP contribution in [0.15, 0.2) is 42.5 Å². The van der Waals surface area contributed by atoms with Crippen LogP contribution < -0.4 is 5.73 Å². The van der Waals surface area contributed by atoms with Gasteiger partial charge in [-0.05, 0) is 42.2 Å². The number of aliphatic hydroxyl groups excluding tert-OH is 1. The Bertz CT molecular complexity index is 1070. The van der Waals surface area contributed by atoms with E-state index >= 15 is 0 Å². The van der Waals surface area contributed by atoms with Gasteiger partial charge in [0.1, 0.15) is 0 Å². The summed E-state index contributed by atoms with van der Waals surface area (Å²) in [5, 5.41) is 11.4. The Labute approximate surface area is 173 Å². The first kappa shape index (κ1) is 18.5. The Morgan fingerprint density at radius 2 is 2.00 bits per heavy atom. The van der Waals surface area contributed by atoms with Gasteiger partial charge < -0.3 is 15.7 Å². The van der Waals surface area contributed by atoms with E-state index in [9.17, 15) is 9.90 Å². The van der Waals surface area contributed by atoms with E-state index in [1.54, 1.807) is 11.0 Å². The van der Waals surface area contributed by atoms with Gasteiger partial charge in [-0.1, -0.05) is 35.6 Å². The zero-order valence-corrected chi connectivity index (χ0v) is 16.9.